The number of carbonyl (C=O) groups excluding carboxylic acids is 1. The highest BCUT2D eigenvalue weighted by atomic mass is 19.1. The van der Waals surface area contributed by atoms with Crippen molar-refractivity contribution in [3.63, 3.8) is 0 Å². The van der Waals surface area contributed by atoms with E-state index in [2.05, 4.69) is 5.32 Å². The Morgan fingerprint density at radius 1 is 1.24 bits per heavy atom. The number of nitriles is 1. The molecule has 0 radical (unpaired) electrons. The van der Waals surface area contributed by atoms with Crippen LogP contribution in [0.15, 0.2) is 64.6 Å². The maximum Gasteiger partial charge on any atom is 0.293 e. The highest BCUT2D eigenvalue weighted by Gasteiger charge is 2.18. The highest BCUT2D eigenvalue weighted by Crippen LogP contribution is 2.27. The van der Waals surface area contributed by atoms with Gasteiger partial charge in [0.05, 0.1) is 10.5 Å². The Kier molecular flexibility index (Phi) is 5.51. The second-order valence-electron chi connectivity index (χ2n) is 6.08. The van der Waals surface area contributed by atoms with E-state index in [1.165, 1.54) is 42.5 Å². The molecule has 0 saturated heterocycles. The molecule has 1 heterocycles. The van der Waals surface area contributed by atoms with E-state index in [4.69, 9.17) is 4.42 Å². The summed E-state index contributed by atoms with van der Waals surface area (Å²) in [4.78, 5) is 23.0. The monoisotopic (exact) mass is 391 g/mol. The number of hydrogen-bond acceptors (Lipinski definition) is 5. The number of hydrogen-bond donors (Lipinski definition) is 1. The topological polar surface area (TPSA) is 109 Å². The van der Waals surface area contributed by atoms with Gasteiger partial charge in [-0.25, -0.2) is 4.39 Å². The number of anilines is 1. The molecule has 1 N–H and O–H groups in total. The van der Waals surface area contributed by atoms with Crippen LogP contribution in [-0.4, -0.2) is 10.8 Å². The van der Waals surface area contributed by atoms with E-state index in [-0.39, 0.29) is 34.0 Å². The van der Waals surface area contributed by atoms with Gasteiger partial charge in [0, 0.05) is 12.1 Å². The van der Waals surface area contributed by atoms with Gasteiger partial charge in [-0.15, -0.1) is 0 Å². The van der Waals surface area contributed by atoms with Crippen molar-refractivity contribution in [1.82, 2.24) is 0 Å². The summed E-state index contributed by atoms with van der Waals surface area (Å²) >= 11 is 0. The van der Waals surface area contributed by atoms with Crippen LogP contribution >= 0.6 is 0 Å². The molecule has 3 aromatic rings. The molecule has 3 rings (SSSR count). The Morgan fingerprint density at radius 2 is 2.00 bits per heavy atom. The van der Waals surface area contributed by atoms with E-state index >= 15 is 0 Å². The Labute approximate surface area is 164 Å². The van der Waals surface area contributed by atoms with Gasteiger partial charge in [-0.1, -0.05) is 18.2 Å². The lowest BCUT2D eigenvalue weighted by atomic mass is 10.1. The van der Waals surface area contributed by atoms with Crippen molar-refractivity contribution in [2.24, 2.45) is 0 Å². The molecule has 0 fully saturated rings. The van der Waals surface area contributed by atoms with E-state index in [9.17, 15) is 24.6 Å². The fraction of sp³-hybridized carbons (Fsp3) is 0.0476. The third kappa shape index (κ3) is 4.36. The molecule has 0 aliphatic heterocycles. The van der Waals surface area contributed by atoms with Gasteiger partial charge >= 0.3 is 0 Å². The predicted molar refractivity (Wildman–Crippen MR) is 104 cm³/mol. The number of benzene rings is 2. The number of nitro benzene ring substituents is 1. The van der Waals surface area contributed by atoms with Gasteiger partial charge in [-0.05, 0) is 42.8 Å². The number of nitrogens with one attached hydrogen (secondary N) is 1. The van der Waals surface area contributed by atoms with E-state index in [0.29, 0.717) is 5.56 Å². The summed E-state index contributed by atoms with van der Waals surface area (Å²) in [6.07, 6.45) is 1.18. The number of aryl methyl sites for hydroxylation is 1. The van der Waals surface area contributed by atoms with Crippen molar-refractivity contribution in [3.8, 4) is 17.4 Å². The molecule has 29 heavy (non-hydrogen) atoms. The van der Waals surface area contributed by atoms with Crippen LogP contribution in [0.25, 0.3) is 17.4 Å². The first-order valence-electron chi connectivity index (χ1n) is 8.42. The molecular weight excluding hydrogens is 377 g/mol. The number of amides is 1. The summed E-state index contributed by atoms with van der Waals surface area (Å²) in [5.41, 5.74) is 0.260. The van der Waals surface area contributed by atoms with Crippen LogP contribution in [0.1, 0.15) is 11.3 Å². The minimum absolute atomic E-state index is 0.0294. The Balaban J connectivity index is 1.86. The molecule has 0 unspecified atom stereocenters. The Hall–Kier alpha value is -4.25. The van der Waals surface area contributed by atoms with Gasteiger partial charge in [0.15, 0.2) is 0 Å². The molecular formula is C21H14FN3O4. The molecule has 0 saturated carbocycles. The summed E-state index contributed by atoms with van der Waals surface area (Å²) < 4.78 is 19.4. The van der Waals surface area contributed by atoms with Crippen LogP contribution in [0, 0.1) is 34.2 Å². The number of rotatable bonds is 5. The highest BCUT2D eigenvalue weighted by molar-refractivity contribution is 6.10. The summed E-state index contributed by atoms with van der Waals surface area (Å²) in [5, 5.41) is 22.9. The average molecular weight is 391 g/mol. The zero-order valence-electron chi connectivity index (χ0n) is 15.2. The fourth-order valence-electron chi connectivity index (χ4n) is 2.62. The average Bonchev–Trinajstić information content (AvgIpc) is 3.16. The van der Waals surface area contributed by atoms with E-state index in [1.54, 1.807) is 31.2 Å². The first-order valence-corrected chi connectivity index (χ1v) is 8.42. The van der Waals surface area contributed by atoms with E-state index in [1.807, 2.05) is 0 Å². The molecule has 0 atom stereocenters. The maximum atomic E-state index is 13.9. The standard InChI is InChI=1S/C21H14FN3O4/c1-13-6-8-18(19(10-13)25(27)28)24-21(26)14(12-23)11-15-7-9-20(29-15)16-4-2-3-5-17(16)22/h2-11H,1H3,(H,24,26)/b14-11+. The third-order valence-electron chi connectivity index (χ3n) is 4.02. The van der Waals surface area contributed by atoms with Gasteiger partial charge < -0.3 is 9.73 Å². The van der Waals surface area contributed by atoms with Crippen molar-refractivity contribution in [3.05, 3.63) is 87.4 Å². The third-order valence-corrected chi connectivity index (χ3v) is 4.02. The van der Waals surface area contributed by atoms with Crippen LogP contribution in [0.3, 0.4) is 0 Å². The van der Waals surface area contributed by atoms with Gasteiger partial charge in [0.2, 0.25) is 0 Å². The summed E-state index contributed by atoms with van der Waals surface area (Å²) in [6, 6.07) is 15.1. The lowest BCUT2D eigenvalue weighted by molar-refractivity contribution is -0.384. The number of halogens is 1. The molecule has 0 spiro atoms. The number of nitrogens with zero attached hydrogens (tertiary/aromatic N) is 2. The van der Waals surface area contributed by atoms with Gasteiger partial charge in [-0.3, -0.25) is 14.9 Å². The van der Waals surface area contributed by atoms with Crippen LogP contribution in [0.2, 0.25) is 0 Å². The molecule has 1 aromatic heterocycles. The summed E-state index contributed by atoms with van der Waals surface area (Å²) in [7, 11) is 0. The fourth-order valence-corrected chi connectivity index (χ4v) is 2.62. The molecule has 0 aliphatic rings. The molecule has 1 amide bonds. The minimum Gasteiger partial charge on any atom is -0.457 e. The quantitative estimate of drug-likeness (QED) is 0.289. The normalized spacial score (nSPS) is 11.0. The van der Waals surface area contributed by atoms with Gasteiger partial charge in [-0.2, -0.15) is 5.26 Å². The number of nitro groups is 1. The summed E-state index contributed by atoms with van der Waals surface area (Å²) in [6.45, 7) is 1.68. The van der Waals surface area contributed by atoms with Gasteiger partial charge in [0.25, 0.3) is 11.6 Å². The van der Waals surface area contributed by atoms with Crippen molar-refractivity contribution < 1.29 is 18.5 Å². The Morgan fingerprint density at radius 3 is 2.69 bits per heavy atom. The van der Waals surface area contributed by atoms with Crippen molar-refractivity contribution >= 4 is 23.4 Å². The lowest BCUT2D eigenvalue weighted by Gasteiger charge is -2.06. The molecule has 8 heteroatoms. The Bertz CT molecular complexity index is 1170. The van der Waals surface area contributed by atoms with Crippen molar-refractivity contribution in [1.29, 1.82) is 5.26 Å². The molecule has 0 aliphatic carbocycles. The predicted octanol–water partition coefficient (Wildman–Crippen LogP) is 4.85. The first-order chi connectivity index (χ1) is 13.9. The number of carbonyl (C=O) groups is 1. The first kappa shape index (κ1) is 19.5. The van der Waals surface area contributed by atoms with Crippen LogP contribution in [0.5, 0.6) is 0 Å². The smallest absolute Gasteiger partial charge is 0.293 e. The van der Waals surface area contributed by atoms with Crippen molar-refractivity contribution in [2.75, 3.05) is 5.32 Å². The molecule has 2 aromatic carbocycles. The summed E-state index contributed by atoms with van der Waals surface area (Å²) in [5.74, 6) is -0.903. The molecule has 7 nitrogen and oxygen atoms in total. The molecule has 144 valence electrons. The lowest BCUT2D eigenvalue weighted by Crippen LogP contribution is -2.14. The van der Waals surface area contributed by atoms with E-state index < -0.39 is 16.6 Å². The SMILES string of the molecule is Cc1ccc(NC(=O)/C(C#N)=C/c2ccc(-c3ccccc3F)o2)c([N+](=O)[O-])c1. The molecule has 0 bridgehead atoms. The van der Waals surface area contributed by atoms with Crippen molar-refractivity contribution in [2.45, 2.75) is 6.92 Å². The van der Waals surface area contributed by atoms with Crippen LogP contribution in [0.4, 0.5) is 15.8 Å². The zero-order chi connectivity index (χ0) is 21.0. The maximum absolute atomic E-state index is 13.9. The number of furan rings is 1. The second kappa shape index (κ2) is 8.19. The van der Waals surface area contributed by atoms with Crippen LogP contribution in [-0.2, 0) is 4.79 Å². The van der Waals surface area contributed by atoms with E-state index in [0.717, 1.165) is 0 Å². The second-order valence-corrected chi connectivity index (χ2v) is 6.08. The largest absolute Gasteiger partial charge is 0.457 e. The van der Waals surface area contributed by atoms with Gasteiger partial charge in [0.1, 0.15) is 34.7 Å². The minimum atomic E-state index is -0.830. The zero-order valence-corrected chi connectivity index (χ0v) is 15.2. The van der Waals surface area contributed by atoms with Crippen LogP contribution < -0.4 is 5.32 Å².